The van der Waals surface area contributed by atoms with Gasteiger partial charge in [0.05, 0.1) is 5.41 Å². The average molecular weight is 249 g/mol. The van der Waals surface area contributed by atoms with Crippen LogP contribution in [0.2, 0.25) is 0 Å². The molecule has 1 atom stereocenters. The van der Waals surface area contributed by atoms with E-state index in [-0.39, 0.29) is 17.3 Å². The molecule has 1 aromatic rings. The lowest BCUT2D eigenvalue weighted by Gasteiger charge is -2.23. The Morgan fingerprint density at radius 1 is 1.56 bits per heavy atom. The third-order valence-corrected chi connectivity index (χ3v) is 3.43. The zero-order valence-electron chi connectivity index (χ0n) is 11.0. The summed E-state index contributed by atoms with van der Waals surface area (Å²) in [5, 5.41) is 2.72. The van der Waals surface area contributed by atoms with Crippen LogP contribution in [-0.2, 0) is 4.79 Å². The topological polar surface area (TPSA) is 84.1 Å². The molecular formula is C12H19N5O. The molecule has 0 bridgehead atoms. The Hall–Kier alpha value is -1.85. The van der Waals surface area contributed by atoms with Gasteiger partial charge in [-0.2, -0.15) is 4.98 Å². The summed E-state index contributed by atoms with van der Waals surface area (Å²) in [6, 6.07) is 1.89. The van der Waals surface area contributed by atoms with Gasteiger partial charge < -0.3 is 16.0 Å². The van der Waals surface area contributed by atoms with Gasteiger partial charge >= 0.3 is 0 Å². The molecule has 18 heavy (non-hydrogen) atoms. The highest BCUT2D eigenvalue weighted by Crippen LogP contribution is 2.32. The molecule has 2 heterocycles. The van der Waals surface area contributed by atoms with E-state index in [0.29, 0.717) is 6.54 Å². The summed E-state index contributed by atoms with van der Waals surface area (Å²) in [4.78, 5) is 22.2. The van der Waals surface area contributed by atoms with E-state index in [9.17, 15) is 4.79 Å². The molecule has 1 unspecified atom stereocenters. The van der Waals surface area contributed by atoms with Crippen molar-refractivity contribution in [2.75, 3.05) is 30.8 Å². The summed E-state index contributed by atoms with van der Waals surface area (Å²) in [6.07, 6.45) is 0.815. The number of aryl methyl sites for hydroxylation is 1. The molecule has 98 valence electrons. The van der Waals surface area contributed by atoms with Crippen LogP contribution in [0.5, 0.6) is 0 Å². The zero-order chi connectivity index (χ0) is 13.3. The lowest BCUT2D eigenvalue weighted by molar-refractivity contribution is -0.128. The summed E-state index contributed by atoms with van der Waals surface area (Å²) in [6.45, 7) is 5.32. The molecule has 0 aliphatic carbocycles. The number of nitrogen functional groups attached to an aromatic ring is 1. The maximum absolute atomic E-state index is 11.9. The first-order chi connectivity index (χ1) is 8.44. The third kappa shape index (κ3) is 2.23. The van der Waals surface area contributed by atoms with E-state index in [4.69, 9.17) is 5.73 Å². The summed E-state index contributed by atoms with van der Waals surface area (Å²) in [7, 11) is 1.67. The van der Waals surface area contributed by atoms with Crippen molar-refractivity contribution in [1.82, 2.24) is 15.3 Å². The second-order valence-corrected chi connectivity index (χ2v) is 5.04. The van der Waals surface area contributed by atoms with Crippen LogP contribution in [0.3, 0.4) is 0 Å². The van der Waals surface area contributed by atoms with Gasteiger partial charge in [0.25, 0.3) is 0 Å². The van der Waals surface area contributed by atoms with Crippen LogP contribution in [0.1, 0.15) is 19.0 Å². The van der Waals surface area contributed by atoms with E-state index in [0.717, 1.165) is 24.5 Å². The SMILES string of the molecule is CNC(=O)C1(C)CCN(c2cc(C)nc(N)n2)C1. The van der Waals surface area contributed by atoms with Crippen molar-refractivity contribution in [3.63, 3.8) is 0 Å². The Labute approximate surface area is 107 Å². The Morgan fingerprint density at radius 3 is 2.89 bits per heavy atom. The summed E-state index contributed by atoms with van der Waals surface area (Å²) in [5.41, 5.74) is 6.13. The Bertz CT molecular complexity index is 455. The molecule has 0 radical (unpaired) electrons. The molecular weight excluding hydrogens is 230 g/mol. The zero-order valence-corrected chi connectivity index (χ0v) is 11.0. The van der Waals surface area contributed by atoms with Crippen LogP contribution < -0.4 is 16.0 Å². The van der Waals surface area contributed by atoms with Crippen molar-refractivity contribution in [1.29, 1.82) is 0 Å². The van der Waals surface area contributed by atoms with E-state index in [2.05, 4.69) is 20.2 Å². The number of anilines is 2. The van der Waals surface area contributed by atoms with Gasteiger partial charge in [-0.15, -0.1) is 0 Å². The van der Waals surface area contributed by atoms with Crippen LogP contribution in [0, 0.1) is 12.3 Å². The van der Waals surface area contributed by atoms with Crippen molar-refractivity contribution < 1.29 is 4.79 Å². The highest BCUT2D eigenvalue weighted by Gasteiger charge is 2.40. The number of nitrogens with two attached hydrogens (primary N) is 1. The first kappa shape index (κ1) is 12.6. The minimum atomic E-state index is -0.359. The van der Waals surface area contributed by atoms with Gasteiger partial charge in [-0.25, -0.2) is 4.98 Å². The number of hydrogen-bond acceptors (Lipinski definition) is 5. The molecule has 6 nitrogen and oxygen atoms in total. The quantitative estimate of drug-likeness (QED) is 0.789. The van der Waals surface area contributed by atoms with E-state index < -0.39 is 0 Å². The smallest absolute Gasteiger partial charge is 0.227 e. The monoisotopic (exact) mass is 249 g/mol. The van der Waals surface area contributed by atoms with Crippen molar-refractivity contribution in [2.45, 2.75) is 20.3 Å². The van der Waals surface area contributed by atoms with Crippen LogP contribution in [0.4, 0.5) is 11.8 Å². The predicted octanol–water partition coefficient (Wildman–Crippen LogP) is 0.330. The number of nitrogens with one attached hydrogen (secondary N) is 1. The summed E-state index contributed by atoms with van der Waals surface area (Å²) >= 11 is 0. The number of carbonyl (C=O) groups is 1. The van der Waals surface area contributed by atoms with Crippen molar-refractivity contribution in [3.05, 3.63) is 11.8 Å². The number of rotatable bonds is 2. The Kier molecular flexibility index (Phi) is 3.11. The molecule has 1 aliphatic heterocycles. The molecule has 1 aromatic heterocycles. The number of hydrogen-bond donors (Lipinski definition) is 2. The highest BCUT2D eigenvalue weighted by molar-refractivity contribution is 5.83. The largest absolute Gasteiger partial charge is 0.368 e. The minimum Gasteiger partial charge on any atom is -0.368 e. The summed E-state index contributed by atoms with van der Waals surface area (Å²) in [5.74, 6) is 1.15. The molecule has 0 spiro atoms. The van der Waals surface area contributed by atoms with Gasteiger partial charge in [0.1, 0.15) is 5.82 Å². The summed E-state index contributed by atoms with van der Waals surface area (Å²) < 4.78 is 0. The number of nitrogens with zero attached hydrogens (tertiary/aromatic N) is 3. The minimum absolute atomic E-state index is 0.0729. The standard InChI is InChI=1S/C12H19N5O/c1-8-6-9(16-11(13)15-8)17-5-4-12(2,7-17)10(18)14-3/h6H,4-5,7H2,1-3H3,(H,14,18)(H2,13,15,16). The van der Waals surface area contributed by atoms with E-state index >= 15 is 0 Å². The Balaban J connectivity index is 2.20. The maximum Gasteiger partial charge on any atom is 0.227 e. The van der Waals surface area contributed by atoms with Crippen molar-refractivity contribution in [2.24, 2.45) is 5.41 Å². The van der Waals surface area contributed by atoms with Crippen molar-refractivity contribution >= 4 is 17.7 Å². The molecule has 1 saturated heterocycles. The average Bonchev–Trinajstić information content (AvgIpc) is 2.71. The third-order valence-electron chi connectivity index (χ3n) is 3.43. The normalized spacial score (nSPS) is 23.2. The number of amides is 1. The van der Waals surface area contributed by atoms with Gasteiger partial charge in [-0.3, -0.25) is 4.79 Å². The molecule has 1 fully saturated rings. The van der Waals surface area contributed by atoms with Gasteiger partial charge in [0.15, 0.2) is 0 Å². The Morgan fingerprint density at radius 2 is 2.28 bits per heavy atom. The number of carbonyl (C=O) groups excluding carboxylic acids is 1. The lowest BCUT2D eigenvalue weighted by Crippen LogP contribution is -2.39. The molecule has 2 rings (SSSR count). The van der Waals surface area contributed by atoms with Gasteiger partial charge in [-0.1, -0.05) is 0 Å². The molecule has 1 aliphatic rings. The van der Waals surface area contributed by atoms with Crippen LogP contribution in [-0.4, -0.2) is 36.0 Å². The van der Waals surface area contributed by atoms with E-state index in [1.165, 1.54) is 0 Å². The molecule has 3 N–H and O–H groups in total. The van der Waals surface area contributed by atoms with E-state index in [1.807, 2.05) is 19.9 Å². The van der Waals surface area contributed by atoms with Crippen LogP contribution >= 0.6 is 0 Å². The second kappa shape index (κ2) is 4.44. The maximum atomic E-state index is 11.9. The van der Waals surface area contributed by atoms with Gasteiger partial charge in [0.2, 0.25) is 11.9 Å². The second-order valence-electron chi connectivity index (χ2n) is 5.04. The fourth-order valence-electron chi connectivity index (χ4n) is 2.38. The fourth-order valence-corrected chi connectivity index (χ4v) is 2.38. The number of aromatic nitrogens is 2. The van der Waals surface area contributed by atoms with Crippen LogP contribution in [0.25, 0.3) is 0 Å². The predicted molar refractivity (Wildman–Crippen MR) is 70.2 cm³/mol. The molecule has 0 aromatic carbocycles. The van der Waals surface area contributed by atoms with Crippen LogP contribution in [0.15, 0.2) is 6.07 Å². The first-order valence-electron chi connectivity index (χ1n) is 6.03. The highest BCUT2D eigenvalue weighted by atomic mass is 16.2. The molecule has 1 amide bonds. The van der Waals surface area contributed by atoms with Crippen molar-refractivity contribution in [3.8, 4) is 0 Å². The van der Waals surface area contributed by atoms with E-state index in [1.54, 1.807) is 7.05 Å². The van der Waals surface area contributed by atoms with Gasteiger partial charge in [0, 0.05) is 31.9 Å². The van der Waals surface area contributed by atoms with Gasteiger partial charge in [-0.05, 0) is 20.3 Å². The molecule has 0 saturated carbocycles. The molecule has 6 heteroatoms. The lowest BCUT2D eigenvalue weighted by atomic mass is 9.89. The first-order valence-corrected chi connectivity index (χ1v) is 6.03. The fraction of sp³-hybridized carbons (Fsp3) is 0.583.